The summed E-state index contributed by atoms with van der Waals surface area (Å²) in [6.07, 6.45) is 14.9. The van der Waals surface area contributed by atoms with Crippen molar-refractivity contribution in [3.05, 3.63) is 36.6 Å². The Balaban J connectivity index is 1.83. The molecule has 0 aromatic heterocycles. The maximum atomic E-state index is 12.6. The molecule has 0 aromatic carbocycles. The normalized spacial score (nSPS) is 38.9. The first-order chi connectivity index (χ1) is 9.27. The Bertz CT molecular complexity index is 585. The van der Waals surface area contributed by atoms with Gasteiger partial charge < -0.3 is 4.90 Å². The van der Waals surface area contributed by atoms with Crippen LogP contribution in [0.4, 0.5) is 0 Å². The van der Waals surface area contributed by atoms with Gasteiger partial charge in [0.25, 0.3) is 0 Å². The fourth-order valence-corrected chi connectivity index (χ4v) is 3.78. The van der Waals surface area contributed by atoms with Gasteiger partial charge in [-0.2, -0.15) is 4.58 Å². The standard InChI is InChI=1S/C15H15N2O2/c18-13-7-6-11-14-10(4-3-9-17(13)14)12-5-1-2-8-16(12)15(11)19/h1-5,8-12,14H,6-7H2/q+1/t10-,11-,12+,14-/m0/s1. The summed E-state index contributed by atoms with van der Waals surface area (Å²) in [4.78, 5) is 26.5. The van der Waals surface area contributed by atoms with E-state index in [0.29, 0.717) is 12.8 Å². The van der Waals surface area contributed by atoms with Crippen LogP contribution >= 0.6 is 0 Å². The number of amides is 2. The van der Waals surface area contributed by atoms with Gasteiger partial charge >= 0.3 is 5.91 Å². The number of hydrogen-bond donors (Lipinski definition) is 0. The van der Waals surface area contributed by atoms with Gasteiger partial charge in [0.05, 0.1) is 18.4 Å². The second kappa shape index (κ2) is 3.76. The molecule has 4 heterocycles. The Kier molecular flexibility index (Phi) is 2.16. The lowest BCUT2D eigenvalue weighted by molar-refractivity contribution is -0.512. The third-order valence-electron chi connectivity index (χ3n) is 4.62. The van der Waals surface area contributed by atoms with Gasteiger partial charge in [-0.25, -0.2) is 4.79 Å². The highest BCUT2D eigenvalue weighted by Gasteiger charge is 2.56. The third-order valence-corrected chi connectivity index (χ3v) is 4.62. The minimum atomic E-state index is -0.0590. The Hall–Kier alpha value is -1.97. The van der Waals surface area contributed by atoms with Crippen LogP contribution in [-0.4, -0.2) is 39.6 Å². The lowest BCUT2D eigenvalue weighted by atomic mass is 9.72. The Morgan fingerprint density at radius 1 is 1.16 bits per heavy atom. The van der Waals surface area contributed by atoms with Crippen molar-refractivity contribution >= 4 is 18.0 Å². The van der Waals surface area contributed by atoms with E-state index in [4.69, 9.17) is 0 Å². The first-order valence-corrected chi connectivity index (χ1v) is 6.77. The van der Waals surface area contributed by atoms with Crippen molar-refractivity contribution in [2.45, 2.75) is 24.9 Å². The summed E-state index contributed by atoms with van der Waals surface area (Å²) in [6, 6.07) is 0.0632. The lowest BCUT2D eigenvalue weighted by Gasteiger charge is -2.46. The summed E-state index contributed by atoms with van der Waals surface area (Å²) in [7, 11) is 0. The molecule has 0 aliphatic carbocycles. The predicted molar refractivity (Wildman–Crippen MR) is 69.4 cm³/mol. The molecule has 4 nitrogen and oxygen atoms in total. The number of carbonyl (C=O) groups is 2. The molecule has 4 heteroatoms. The first kappa shape index (κ1) is 10.9. The van der Waals surface area contributed by atoms with Gasteiger partial charge in [0.15, 0.2) is 12.3 Å². The smallest absolute Gasteiger partial charge is 0.311 e. The van der Waals surface area contributed by atoms with Gasteiger partial charge in [-0.3, -0.25) is 4.79 Å². The van der Waals surface area contributed by atoms with E-state index in [1.165, 1.54) is 0 Å². The molecule has 4 aliphatic heterocycles. The minimum Gasteiger partial charge on any atom is -0.311 e. The Morgan fingerprint density at radius 3 is 2.95 bits per heavy atom. The number of allylic oxidation sites excluding steroid dienone is 3. The molecular weight excluding hydrogens is 240 g/mol. The van der Waals surface area contributed by atoms with E-state index < -0.39 is 0 Å². The van der Waals surface area contributed by atoms with Crippen LogP contribution in [0.5, 0.6) is 0 Å². The van der Waals surface area contributed by atoms with Crippen LogP contribution in [0.3, 0.4) is 0 Å². The summed E-state index contributed by atoms with van der Waals surface area (Å²) in [5.41, 5.74) is 0. The molecular formula is C15H15N2O2+. The number of rotatable bonds is 0. The number of piperidine rings is 2. The average Bonchev–Trinajstić information content (AvgIpc) is 2.46. The fraction of sp³-hybridized carbons (Fsp3) is 0.400. The highest BCUT2D eigenvalue weighted by molar-refractivity contribution is 5.86. The largest absolute Gasteiger partial charge is 0.387 e. The molecule has 0 unspecified atom stereocenters. The molecule has 0 bridgehead atoms. The molecule has 2 amide bonds. The molecule has 4 rings (SSSR count). The van der Waals surface area contributed by atoms with E-state index in [1.807, 2.05) is 35.5 Å². The SMILES string of the molecule is O=C1[C@H]2CCC(=O)[N+]3=CC=C[C@H]([C@@H]23)[C@H]2C=CC=CN12. The Morgan fingerprint density at radius 2 is 2.05 bits per heavy atom. The second-order valence-electron chi connectivity index (χ2n) is 5.51. The van der Waals surface area contributed by atoms with Crippen LogP contribution in [0.2, 0.25) is 0 Å². The van der Waals surface area contributed by atoms with Crippen molar-refractivity contribution in [2.75, 3.05) is 0 Å². The molecule has 96 valence electrons. The summed E-state index contributed by atoms with van der Waals surface area (Å²) < 4.78 is 1.79. The molecule has 2 saturated heterocycles. The number of hydrogen-bond acceptors (Lipinski definition) is 2. The number of nitrogens with zero attached hydrogens (tertiary/aromatic N) is 2. The van der Waals surface area contributed by atoms with Crippen molar-refractivity contribution < 1.29 is 14.2 Å². The third kappa shape index (κ3) is 1.37. The van der Waals surface area contributed by atoms with Crippen LogP contribution in [0.1, 0.15) is 12.8 Å². The molecule has 0 saturated carbocycles. The molecule has 4 aliphatic rings. The first-order valence-electron chi connectivity index (χ1n) is 6.77. The van der Waals surface area contributed by atoms with Gasteiger partial charge in [0, 0.05) is 6.20 Å². The van der Waals surface area contributed by atoms with E-state index in [-0.39, 0.29) is 35.7 Å². The van der Waals surface area contributed by atoms with Crippen molar-refractivity contribution in [3.63, 3.8) is 0 Å². The van der Waals surface area contributed by atoms with E-state index in [2.05, 4.69) is 12.2 Å². The molecule has 0 N–H and O–H groups in total. The van der Waals surface area contributed by atoms with Crippen molar-refractivity contribution in [1.82, 2.24) is 4.90 Å². The maximum Gasteiger partial charge on any atom is 0.387 e. The van der Waals surface area contributed by atoms with Gasteiger partial charge in [-0.15, -0.1) is 0 Å². The minimum absolute atomic E-state index is 0.0103. The van der Waals surface area contributed by atoms with Crippen molar-refractivity contribution in [2.24, 2.45) is 11.8 Å². The highest BCUT2D eigenvalue weighted by atomic mass is 16.2. The van der Waals surface area contributed by atoms with Crippen molar-refractivity contribution in [1.29, 1.82) is 0 Å². The van der Waals surface area contributed by atoms with Crippen LogP contribution in [-0.2, 0) is 9.59 Å². The summed E-state index contributed by atoms with van der Waals surface area (Å²) in [6.45, 7) is 0. The van der Waals surface area contributed by atoms with Crippen LogP contribution in [0.15, 0.2) is 36.6 Å². The summed E-state index contributed by atoms with van der Waals surface area (Å²) in [5, 5.41) is 0. The zero-order chi connectivity index (χ0) is 13.0. The topological polar surface area (TPSA) is 40.4 Å². The van der Waals surface area contributed by atoms with Gasteiger partial charge in [0.1, 0.15) is 5.92 Å². The highest BCUT2D eigenvalue weighted by Crippen LogP contribution is 2.39. The zero-order valence-corrected chi connectivity index (χ0v) is 10.5. The fourth-order valence-electron chi connectivity index (χ4n) is 3.78. The van der Waals surface area contributed by atoms with E-state index >= 15 is 0 Å². The molecule has 19 heavy (non-hydrogen) atoms. The quantitative estimate of drug-likeness (QED) is 0.602. The average molecular weight is 255 g/mol. The van der Waals surface area contributed by atoms with Gasteiger partial charge in [-0.1, -0.05) is 18.2 Å². The van der Waals surface area contributed by atoms with E-state index in [9.17, 15) is 9.59 Å². The molecule has 2 fully saturated rings. The Labute approximate surface area is 111 Å². The molecule has 4 atom stereocenters. The molecule has 0 spiro atoms. The maximum absolute atomic E-state index is 12.6. The zero-order valence-electron chi connectivity index (χ0n) is 10.5. The lowest BCUT2D eigenvalue weighted by Crippen LogP contribution is -2.63. The van der Waals surface area contributed by atoms with Crippen molar-refractivity contribution in [3.8, 4) is 0 Å². The molecule has 0 aromatic rings. The van der Waals surface area contributed by atoms with Crippen LogP contribution in [0, 0.1) is 11.8 Å². The number of fused-ring (bicyclic) bond motifs is 2. The van der Waals surface area contributed by atoms with Gasteiger partial charge in [-0.05, 0) is 18.6 Å². The number of carbonyl (C=O) groups excluding carboxylic acids is 2. The van der Waals surface area contributed by atoms with Gasteiger partial charge in [0.2, 0.25) is 5.91 Å². The van der Waals surface area contributed by atoms with Crippen LogP contribution < -0.4 is 0 Å². The van der Waals surface area contributed by atoms with E-state index in [0.717, 1.165) is 0 Å². The molecule has 0 radical (unpaired) electrons. The summed E-state index contributed by atoms with van der Waals surface area (Å²) in [5.74, 6) is 0.453. The van der Waals surface area contributed by atoms with E-state index in [1.54, 1.807) is 4.58 Å². The second-order valence-corrected chi connectivity index (χ2v) is 5.51. The predicted octanol–water partition coefficient (Wildman–Crippen LogP) is 0.855. The summed E-state index contributed by atoms with van der Waals surface area (Å²) >= 11 is 0. The van der Waals surface area contributed by atoms with Crippen LogP contribution in [0.25, 0.3) is 0 Å². The monoisotopic (exact) mass is 255 g/mol.